The van der Waals surface area contributed by atoms with E-state index in [0.29, 0.717) is 22.7 Å². The number of hydrogen-bond acceptors (Lipinski definition) is 8. The molecule has 0 unspecified atom stereocenters. The Balaban J connectivity index is 1.59. The number of nitro groups is 1. The highest BCUT2D eigenvalue weighted by Crippen LogP contribution is 2.29. The summed E-state index contributed by atoms with van der Waals surface area (Å²) in [6, 6.07) is 13.9. The van der Waals surface area contributed by atoms with Gasteiger partial charge in [0, 0.05) is 24.4 Å². The van der Waals surface area contributed by atoms with E-state index in [4.69, 9.17) is 13.9 Å². The van der Waals surface area contributed by atoms with Gasteiger partial charge in [-0.2, -0.15) is 0 Å². The van der Waals surface area contributed by atoms with Crippen molar-refractivity contribution < 1.29 is 23.6 Å². The molecule has 29 heavy (non-hydrogen) atoms. The number of carbonyl (C=O) groups is 1. The van der Waals surface area contributed by atoms with E-state index in [9.17, 15) is 14.9 Å². The van der Waals surface area contributed by atoms with E-state index in [1.807, 2.05) is 6.07 Å². The van der Waals surface area contributed by atoms with Gasteiger partial charge in [0.15, 0.2) is 11.3 Å². The van der Waals surface area contributed by atoms with Crippen molar-refractivity contribution in [1.29, 1.82) is 0 Å². The second kappa shape index (κ2) is 7.39. The minimum atomic E-state index is -0.693. The number of rotatable bonds is 5. The van der Waals surface area contributed by atoms with Gasteiger partial charge < -0.3 is 13.9 Å². The minimum Gasteiger partial charge on any atom is -0.490 e. The molecule has 2 aromatic carbocycles. The van der Waals surface area contributed by atoms with Gasteiger partial charge >= 0.3 is 11.7 Å². The third kappa shape index (κ3) is 3.61. The molecule has 0 aliphatic carbocycles. The van der Waals surface area contributed by atoms with Gasteiger partial charge in [0.2, 0.25) is 5.89 Å². The summed E-state index contributed by atoms with van der Waals surface area (Å²) in [5.74, 6) is -0.134. The molecule has 9 heteroatoms. The van der Waals surface area contributed by atoms with Crippen LogP contribution in [0.2, 0.25) is 0 Å². The zero-order chi connectivity index (χ0) is 20.4. The first-order valence-corrected chi connectivity index (χ1v) is 8.42. The van der Waals surface area contributed by atoms with E-state index in [-0.39, 0.29) is 22.7 Å². The Kier molecular flexibility index (Phi) is 4.62. The van der Waals surface area contributed by atoms with Crippen LogP contribution in [0.3, 0.4) is 0 Å². The van der Waals surface area contributed by atoms with Crippen molar-refractivity contribution in [1.82, 2.24) is 9.97 Å². The molecule has 0 aliphatic heterocycles. The normalized spacial score (nSPS) is 10.7. The van der Waals surface area contributed by atoms with Gasteiger partial charge in [-0.25, -0.2) is 9.78 Å². The lowest BCUT2D eigenvalue weighted by Gasteiger charge is -2.06. The third-order valence-corrected chi connectivity index (χ3v) is 4.07. The van der Waals surface area contributed by atoms with E-state index in [0.717, 1.165) is 0 Å². The van der Waals surface area contributed by atoms with Crippen molar-refractivity contribution in [3.63, 3.8) is 0 Å². The van der Waals surface area contributed by atoms with E-state index >= 15 is 0 Å². The smallest absolute Gasteiger partial charge is 0.343 e. The van der Waals surface area contributed by atoms with Crippen LogP contribution in [0, 0.1) is 10.1 Å². The maximum atomic E-state index is 12.4. The number of esters is 1. The maximum Gasteiger partial charge on any atom is 0.343 e. The number of methoxy groups -OCH3 is 1. The second-order valence-electron chi connectivity index (χ2n) is 5.90. The minimum absolute atomic E-state index is 0.0323. The van der Waals surface area contributed by atoms with E-state index < -0.39 is 10.9 Å². The van der Waals surface area contributed by atoms with Crippen LogP contribution in [0.15, 0.2) is 65.2 Å². The van der Waals surface area contributed by atoms with Crippen molar-refractivity contribution in [2.24, 2.45) is 0 Å². The van der Waals surface area contributed by atoms with Crippen LogP contribution in [0.25, 0.3) is 22.7 Å². The monoisotopic (exact) mass is 391 g/mol. The quantitative estimate of drug-likeness (QED) is 0.217. The molecule has 2 aromatic heterocycles. The molecule has 9 nitrogen and oxygen atoms in total. The predicted octanol–water partition coefficient (Wildman–Crippen LogP) is 4.03. The van der Waals surface area contributed by atoms with Crippen molar-refractivity contribution in [2.75, 3.05) is 7.11 Å². The Bertz CT molecular complexity index is 1220. The van der Waals surface area contributed by atoms with Crippen LogP contribution >= 0.6 is 0 Å². The summed E-state index contributed by atoms with van der Waals surface area (Å²) in [4.78, 5) is 31.3. The molecule has 0 amide bonds. The second-order valence-corrected chi connectivity index (χ2v) is 5.90. The van der Waals surface area contributed by atoms with Crippen molar-refractivity contribution in [2.45, 2.75) is 0 Å². The Morgan fingerprint density at radius 3 is 2.72 bits per heavy atom. The SMILES string of the molecule is COc1cc(C(=O)Oc2ccc3nc(-c4ccccn4)oc3c2)ccc1[N+](=O)[O-]. The first-order chi connectivity index (χ1) is 14.0. The highest BCUT2D eigenvalue weighted by molar-refractivity contribution is 5.92. The van der Waals surface area contributed by atoms with Crippen LogP contribution in [0.1, 0.15) is 10.4 Å². The molecule has 4 rings (SSSR count). The Morgan fingerprint density at radius 1 is 1.14 bits per heavy atom. The largest absolute Gasteiger partial charge is 0.490 e. The average Bonchev–Trinajstić information content (AvgIpc) is 3.17. The van der Waals surface area contributed by atoms with Gasteiger partial charge in [0.1, 0.15) is 17.0 Å². The first kappa shape index (κ1) is 18.1. The first-order valence-electron chi connectivity index (χ1n) is 8.42. The molecular formula is C20H13N3O6. The summed E-state index contributed by atoms with van der Waals surface area (Å²) in [6.45, 7) is 0. The molecule has 0 bridgehead atoms. The molecule has 2 heterocycles. The molecule has 0 aliphatic rings. The van der Waals surface area contributed by atoms with Crippen molar-refractivity contribution >= 4 is 22.8 Å². The lowest BCUT2D eigenvalue weighted by molar-refractivity contribution is -0.385. The van der Waals surface area contributed by atoms with Crippen molar-refractivity contribution in [3.8, 4) is 23.1 Å². The number of pyridine rings is 1. The predicted molar refractivity (Wildman–Crippen MR) is 102 cm³/mol. The summed E-state index contributed by atoms with van der Waals surface area (Å²) in [5, 5.41) is 11.0. The van der Waals surface area contributed by atoms with Crippen LogP contribution in [0.4, 0.5) is 5.69 Å². The number of oxazole rings is 1. The summed E-state index contributed by atoms with van der Waals surface area (Å²) in [6.07, 6.45) is 1.63. The van der Waals surface area contributed by atoms with Gasteiger partial charge in [0.05, 0.1) is 17.6 Å². The zero-order valence-corrected chi connectivity index (χ0v) is 15.1. The molecule has 0 N–H and O–H groups in total. The average molecular weight is 391 g/mol. The van der Waals surface area contributed by atoms with Crippen LogP contribution in [0.5, 0.6) is 11.5 Å². The fourth-order valence-electron chi connectivity index (χ4n) is 2.69. The fraction of sp³-hybridized carbons (Fsp3) is 0.0500. The molecule has 0 atom stereocenters. The number of fused-ring (bicyclic) bond motifs is 1. The highest BCUT2D eigenvalue weighted by Gasteiger charge is 2.19. The van der Waals surface area contributed by atoms with E-state index in [2.05, 4.69) is 9.97 Å². The molecule has 4 aromatic rings. The van der Waals surface area contributed by atoms with Gasteiger partial charge in [-0.05, 0) is 30.3 Å². The summed E-state index contributed by atoms with van der Waals surface area (Å²) in [7, 11) is 1.29. The number of aromatic nitrogens is 2. The lowest BCUT2D eigenvalue weighted by Crippen LogP contribution is -2.09. The van der Waals surface area contributed by atoms with Crippen LogP contribution in [-0.2, 0) is 0 Å². The maximum absolute atomic E-state index is 12.4. The molecule has 0 saturated carbocycles. The lowest BCUT2D eigenvalue weighted by atomic mass is 10.2. The Morgan fingerprint density at radius 2 is 2.00 bits per heavy atom. The van der Waals surface area contributed by atoms with Gasteiger partial charge in [-0.3, -0.25) is 15.1 Å². The van der Waals surface area contributed by atoms with E-state index in [1.165, 1.54) is 31.4 Å². The summed E-state index contributed by atoms with van der Waals surface area (Å²) < 4.78 is 16.0. The molecule has 0 fully saturated rings. The van der Waals surface area contributed by atoms with Crippen molar-refractivity contribution in [3.05, 3.63) is 76.5 Å². The summed E-state index contributed by atoms with van der Waals surface area (Å²) >= 11 is 0. The fourth-order valence-corrected chi connectivity index (χ4v) is 2.69. The molecule has 0 saturated heterocycles. The Labute approximate surface area is 163 Å². The molecular weight excluding hydrogens is 378 g/mol. The zero-order valence-electron chi connectivity index (χ0n) is 15.1. The van der Waals surface area contributed by atoms with Crippen LogP contribution in [-0.4, -0.2) is 28.0 Å². The molecule has 144 valence electrons. The standard InChI is InChI=1S/C20H13N3O6/c1-27-18-10-12(5-8-16(18)23(25)26)20(24)28-13-6-7-14-17(11-13)29-19(22-14)15-4-2-3-9-21-15/h2-11H,1H3. The Hall–Kier alpha value is -4.27. The number of nitro benzene ring substituents is 1. The number of ether oxygens (including phenoxy) is 2. The summed E-state index contributed by atoms with van der Waals surface area (Å²) in [5.41, 5.74) is 1.47. The molecule has 0 spiro atoms. The van der Waals surface area contributed by atoms with Gasteiger partial charge in [0.25, 0.3) is 0 Å². The number of hydrogen-bond donors (Lipinski definition) is 0. The van der Waals surface area contributed by atoms with Gasteiger partial charge in [-0.1, -0.05) is 6.07 Å². The number of benzene rings is 2. The molecule has 0 radical (unpaired) electrons. The van der Waals surface area contributed by atoms with Gasteiger partial charge in [-0.15, -0.1) is 0 Å². The highest BCUT2D eigenvalue weighted by atomic mass is 16.6. The topological polar surface area (TPSA) is 118 Å². The van der Waals surface area contributed by atoms with E-state index in [1.54, 1.807) is 30.5 Å². The van der Waals surface area contributed by atoms with Crippen LogP contribution < -0.4 is 9.47 Å². The number of carbonyl (C=O) groups excluding carboxylic acids is 1. The number of nitrogens with zero attached hydrogens (tertiary/aromatic N) is 3. The third-order valence-electron chi connectivity index (χ3n) is 4.07.